The van der Waals surface area contributed by atoms with Crippen LogP contribution in [0.3, 0.4) is 0 Å². The van der Waals surface area contributed by atoms with Gasteiger partial charge in [0.05, 0.1) is 5.69 Å². The molecule has 0 aliphatic heterocycles. The second kappa shape index (κ2) is 13.8. The molecule has 0 atom stereocenters. The van der Waals surface area contributed by atoms with Gasteiger partial charge in [-0.05, 0) is 90.7 Å². The minimum Gasteiger partial charge on any atom is -0.509 e. The molecule has 0 radical (unpaired) electrons. The third-order valence-electron chi connectivity index (χ3n) is 9.63. The number of nitrogens with zero attached hydrogens (tertiary/aromatic N) is 4. The second-order valence-corrected chi connectivity index (χ2v) is 13.4. The number of pyridine rings is 1. The summed E-state index contributed by atoms with van der Waals surface area (Å²) in [5.41, 5.74) is 13.2. The van der Waals surface area contributed by atoms with Gasteiger partial charge in [-0.2, -0.15) is 11.2 Å². The Morgan fingerprint density at radius 2 is 1.41 bits per heavy atom. The molecule has 51 heavy (non-hydrogen) atoms. The first kappa shape index (κ1) is 34.2. The zero-order valence-electron chi connectivity index (χ0n) is 29.6. The Bertz CT molecular complexity index is 2520. The van der Waals surface area contributed by atoms with Gasteiger partial charge in [-0.1, -0.05) is 86.1 Å². The Labute approximate surface area is 313 Å². The van der Waals surface area contributed by atoms with Crippen LogP contribution in [0.4, 0.5) is 0 Å². The van der Waals surface area contributed by atoms with Crippen molar-refractivity contribution in [2.75, 3.05) is 0 Å². The van der Waals surface area contributed by atoms with Gasteiger partial charge in [0.1, 0.15) is 5.82 Å². The van der Waals surface area contributed by atoms with Crippen LogP contribution in [-0.4, -0.2) is 19.3 Å². The van der Waals surface area contributed by atoms with Crippen LogP contribution in [0.5, 0.6) is 11.5 Å². The van der Waals surface area contributed by atoms with Crippen LogP contribution in [-0.2, 0) is 20.4 Å². The third kappa shape index (κ3) is 6.20. The Morgan fingerprint density at radius 3 is 2.18 bits per heavy atom. The molecule has 0 N–H and O–H groups in total. The van der Waals surface area contributed by atoms with E-state index in [2.05, 4.69) is 149 Å². The van der Waals surface area contributed by atoms with Gasteiger partial charge in [0.2, 0.25) is 0 Å². The smallest absolute Gasteiger partial charge is 0.509 e. The van der Waals surface area contributed by atoms with Gasteiger partial charge in [0, 0.05) is 34.5 Å². The van der Waals surface area contributed by atoms with Gasteiger partial charge in [-0.25, -0.2) is 4.98 Å². The molecule has 0 saturated heterocycles. The van der Waals surface area contributed by atoms with Crippen molar-refractivity contribution < 1.29 is 25.2 Å². The minimum atomic E-state index is 0. The fourth-order valence-corrected chi connectivity index (χ4v) is 7.14. The van der Waals surface area contributed by atoms with E-state index >= 15 is 0 Å². The summed E-state index contributed by atoms with van der Waals surface area (Å²) in [6.45, 7) is 12.9. The van der Waals surface area contributed by atoms with Crippen LogP contribution >= 0.6 is 0 Å². The van der Waals surface area contributed by atoms with E-state index in [-0.39, 0.29) is 26.3 Å². The summed E-state index contributed by atoms with van der Waals surface area (Å²) in [5.74, 6) is 2.33. The molecule has 0 saturated carbocycles. The van der Waals surface area contributed by atoms with Gasteiger partial charge in [0.25, 0.3) is 0 Å². The zero-order chi connectivity index (χ0) is 34.5. The quantitative estimate of drug-likeness (QED) is 0.120. The van der Waals surface area contributed by atoms with E-state index in [0.29, 0.717) is 11.5 Å². The van der Waals surface area contributed by atoms with Gasteiger partial charge < -0.3 is 9.30 Å². The van der Waals surface area contributed by atoms with Crippen molar-refractivity contribution in [2.24, 2.45) is 0 Å². The monoisotopic (exact) mass is 756 g/mol. The van der Waals surface area contributed by atoms with Crippen LogP contribution in [0.2, 0.25) is 0 Å². The molecule has 5 aromatic carbocycles. The number of para-hydroxylation sites is 1. The molecule has 0 fully saturated rings. The molecule has 3 heterocycles. The summed E-state index contributed by atoms with van der Waals surface area (Å²) < 4.78 is 10.8. The van der Waals surface area contributed by atoms with Gasteiger partial charge in [-0.3, -0.25) is 4.68 Å². The zero-order valence-corrected chi connectivity index (χ0v) is 31.1. The van der Waals surface area contributed by atoms with E-state index in [9.17, 15) is 0 Å². The molecule has 6 heteroatoms. The molecule has 3 aromatic heterocycles. The maximum atomic E-state index is 6.63. The van der Waals surface area contributed by atoms with Crippen molar-refractivity contribution in [3.05, 3.63) is 156 Å². The van der Waals surface area contributed by atoms with Gasteiger partial charge in [-0.15, -0.1) is 41.3 Å². The van der Waals surface area contributed by atoms with Gasteiger partial charge >= 0.3 is 20.4 Å². The summed E-state index contributed by atoms with van der Waals surface area (Å²) in [4.78, 5) is 4.83. The molecule has 0 bridgehead atoms. The summed E-state index contributed by atoms with van der Waals surface area (Å²) in [6.07, 6.45) is 1.87. The maximum absolute atomic E-state index is 6.63. The number of ether oxygens (including phenoxy) is 1. The summed E-state index contributed by atoms with van der Waals surface area (Å²) in [6, 6.07) is 45.0. The molecule has 5 nitrogen and oxygen atoms in total. The van der Waals surface area contributed by atoms with E-state index in [1.807, 2.05) is 29.1 Å². The van der Waals surface area contributed by atoms with Crippen molar-refractivity contribution in [3.8, 4) is 45.3 Å². The molecule has 0 aliphatic rings. The summed E-state index contributed by atoms with van der Waals surface area (Å²) >= 11 is 0. The van der Waals surface area contributed by atoms with E-state index in [4.69, 9.17) is 14.8 Å². The number of rotatable bonds is 7. The molecule has 0 unspecified atom stereocenters. The SMILES string of the molecule is Cc1cccc(C)c1-c1c(C)nn(-c2[c-]c(Oc3[c-]c4c(cc3)c3ccccc3n4-c3cc(-c4ccccc4)ccn3)cc(C(C)C)c2)c1C.[Pd+2]. The minimum absolute atomic E-state index is 0. The predicted molar refractivity (Wildman–Crippen MR) is 204 cm³/mol. The average molecular weight is 757 g/mol. The Balaban J connectivity index is 0.00000406. The second-order valence-electron chi connectivity index (χ2n) is 13.4. The average Bonchev–Trinajstić information content (AvgIpc) is 3.61. The Morgan fingerprint density at radius 1 is 0.667 bits per heavy atom. The van der Waals surface area contributed by atoms with Crippen LogP contribution in [0.1, 0.15) is 47.8 Å². The topological polar surface area (TPSA) is 44.9 Å². The first-order chi connectivity index (χ1) is 24.3. The fourth-order valence-electron chi connectivity index (χ4n) is 7.14. The van der Waals surface area contributed by atoms with Crippen LogP contribution in [0, 0.1) is 39.8 Å². The van der Waals surface area contributed by atoms with Crippen molar-refractivity contribution in [1.29, 1.82) is 0 Å². The van der Waals surface area contributed by atoms with E-state index < -0.39 is 0 Å². The molecule has 0 spiro atoms. The Hall–Kier alpha value is -5.28. The first-order valence-corrected chi connectivity index (χ1v) is 17.1. The van der Waals surface area contributed by atoms with Gasteiger partial charge in [0.15, 0.2) is 0 Å². The van der Waals surface area contributed by atoms with Crippen molar-refractivity contribution in [3.63, 3.8) is 0 Å². The molecule has 254 valence electrons. The molecule has 0 amide bonds. The summed E-state index contributed by atoms with van der Waals surface area (Å²) in [5, 5.41) is 7.26. The fraction of sp³-hybridized carbons (Fsp3) is 0.156. The number of aryl methyl sites for hydroxylation is 3. The molecular weight excluding hydrogens is 719 g/mol. The molecule has 8 aromatic rings. The number of fused-ring (bicyclic) bond motifs is 3. The summed E-state index contributed by atoms with van der Waals surface area (Å²) in [7, 11) is 0. The van der Waals surface area contributed by atoms with E-state index in [1.165, 1.54) is 22.3 Å². The number of hydrogen-bond acceptors (Lipinski definition) is 3. The molecule has 0 aliphatic carbocycles. The number of aromatic nitrogens is 4. The van der Waals surface area contributed by atoms with Crippen molar-refractivity contribution in [2.45, 2.75) is 47.5 Å². The molecule has 8 rings (SSSR count). The molecular formula is C45H38N4OPd. The van der Waals surface area contributed by atoms with Crippen LogP contribution in [0.15, 0.2) is 115 Å². The van der Waals surface area contributed by atoms with Crippen molar-refractivity contribution >= 4 is 21.8 Å². The van der Waals surface area contributed by atoms with Crippen LogP contribution < -0.4 is 4.74 Å². The standard InChI is InChI=1S/C45H38N4O.Pd/c1-28(2)35-23-36(49-32(6)45(31(5)47-49)44-29(3)13-12-14-30(44)4)26-38(24-35)50-37-19-20-40-39-17-10-11-18-41(39)48(42(40)27-37)43-25-34(21-22-46-43)33-15-8-7-9-16-33;/h7-25,28H,1-6H3;/q-2;+2. The Kier molecular flexibility index (Phi) is 9.25. The maximum Gasteiger partial charge on any atom is 2.00 e. The normalized spacial score (nSPS) is 11.4. The van der Waals surface area contributed by atoms with Crippen LogP contribution in [0.25, 0.3) is 55.6 Å². The first-order valence-electron chi connectivity index (χ1n) is 17.1. The predicted octanol–water partition coefficient (Wildman–Crippen LogP) is 11.4. The largest absolute Gasteiger partial charge is 2.00 e. The number of benzene rings is 5. The van der Waals surface area contributed by atoms with E-state index in [0.717, 1.165) is 61.4 Å². The third-order valence-corrected chi connectivity index (χ3v) is 9.63. The van der Waals surface area contributed by atoms with E-state index in [1.54, 1.807) is 0 Å². The number of hydrogen-bond donors (Lipinski definition) is 0. The van der Waals surface area contributed by atoms with Crippen molar-refractivity contribution in [1.82, 2.24) is 19.3 Å².